The normalized spacial score (nSPS) is 22.8. The second-order valence-electron chi connectivity index (χ2n) is 6.34. The SMILES string of the molecule is Cc1cnc(C)c(N2CCCC(NC(=O)C3CCC3)C2)n1. The van der Waals surface area contributed by atoms with Crippen LogP contribution in [0.5, 0.6) is 0 Å². The highest BCUT2D eigenvalue weighted by Gasteiger charge is 2.29. The predicted molar refractivity (Wildman–Crippen MR) is 82.2 cm³/mol. The minimum Gasteiger partial charge on any atom is -0.353 e. The Balaban J connectivity index is 1.64. The molecule has 0 spiro atoms. The maximum Gasteiger partial charge on any atom is 0.223 e. The molecule has 2 fully saturated rings. The molecule has 2 heterocycles. The van der Waals surface area contributed by atoms with Crippen LogP contribution in [-0.4, -0.2) is 35.0 Å². The molecule has 1 unspecified atom stereocenters. The van der Waals surface area contributed by atoms with E-state index in [0.29, 0.717) is 0 Å². The first kappa shape index (κ1) is 14.3. The molecule has 1 amide bonds. The number of nitrogens with zero attached hydrogens (tertiary/aromatic N) is 3. The monoisotopic (exact) mass is 288 g/mol. The van der Waals surface area contributed by atoms with Gasteiger partial charge in [0.25, 0.3) is 0 Å². The van der Waals surface area contributed by atoms with E-state index < -0.39 is 0 Å². The van der Waals surface area contributed by atoms with E-state index in [2.05, 4.69) is 20.2 Å². The average molecular weight is 288 g/mol. The summed E-state index contributed by atoms with van der Waals surface area (Å²) in [4.78, 5) is 23.4. The van der Waals surface area contributed by atoms with Gasteiger partial charge in [0.2, 0.25) is 5.91 Å². The van der Waals surface area contributed by atoms with Crippen LogP contribution in [0.1, 0.15) is 43.5 Å². The van der Waals surface area contributed by atoms with Crippen molar-refractivity contribution in [3.05, 3.63) is 17.6 Å². The number of amides is 1. The second-order valence-corrected chi connectivity index (χ2v) is 6.34. The highest BCUT2D eigenvalue weighted by molar-refractivity contribution is 5.79. The van der Waals surface area contributed by atoms with Crippen LogP contribution in [0.25, 0.3) is 0 Å². The van der Waals surface area contributed by atoms with Crippen LogP contribution in [0.15, 0.2) is 6.20 Å². The summed E-state index contributed by atoms with van der Waals surface area (Å²) in [6.07, 6.45) is 7.28. The van der Waals surface area contributed by atoms with Gasteiger partial charge in [0, 0.05) is 31.2 Å². The molecule has 0 aromatic carbocycles. The van der Waals surface area contributed by atoms with Gasteiger partial charge in [-0.15, -0.1) is 0 Å². The summed E-state index contributed by atoms with van der Waals surface area (Å²) in [7, 11) is 0. The van der Waals surface area contributed by atoms with Crippen LogP contribution in [0.4, 0.5) is 5.82 Å². The van der Waals surface area contributed by atoms with Crippen molar-refractivity contribution in [2.75, 3.05) is 18.0 Å². The zero-order chi connectivity index (χ0) is 14.8. The number of hydrogen-bond acceptors (Lipinski definition) is 4. The first-order valence-corrected chi connectivity index (χ1v) is 7.99. The maximum absolute atomic E-state index is 12.1. The smallest absolute Gasteiger partial charge is 0.223 e. The fourth-order valence-electron chi connectivity index (χ4n) is 3.10. The van der Waals surface area contributed by atoms with Crippen molar-refractivity contribution in [3.63, 3.8) is 0 Å². The highest BCUT2D eigenvalue weighted by Crippen LogP contribution is 2.27. The number of anilines is 1. The maximum atomic E-state index is 12.1. The number of aromatic nitrogens is 2. The van der Waals surface area contributed by atoms with Gasteiger partial charge in [0.05, 0.1) is 11.4 Å². The average Bonchev–Trinajstić information content (AvgIpc) is 2.40. The van der Waals surface area contributed by atoms with E-state index in [1.54, 1.807) is 6.20 Å². The third-order valence-electron chi connectivity index (χ3n) is 4.59. The minimum absolute atomic E-state index is 0.244. The van der Waals surface area contributed by atoms with Gasteiger partial charge in [-0.2, -0.15) is 0 Å². The molecule has 3 rings (SSSR count). The van der Waals surface area contributed by atoms with Gasteiger partial charge in [-0.05, 0) is 39.5 Å². The Hall–Kier alpha value is -1.65. The van der Waals surface area contributed by atoms with Crippen molar-refractivity contribution in [2.24, 2.45) is 5.92 Å². The van der Waals surface area contributed by atoms with E-state index in [1.807, 2.05) is 13.8 Å². The van der Waals surface area contributed by atoms with Crippen molar-refractivity contribution in [2.45, 2.75) is 52.0 Å². The van der Waals surface area contributed by atoms with Gasteiger partial charge in [0.15, 0.2) is 0 Å². The lowest BCUT2D eigenvalue weighted by atomic mass is 9.84. The van der Waals surface area contributed by atoms with Crippen molar-refractivity contribution >= 4 is 11.7 Å². The van der Waals surface area contributed by atoms with Crippen molar-refractivity contribution < 1.29 is 4.79 Å². The van der Waals surface area contributed by atoms with E-state index in [0.717, 1.165) is 56.0 Å². The van der Waals surface area contributed by atoms with Crippen LogP contribution >= 0.6 is 0 Å². The van der Waals surface area contributed by atoms with E-state index in [-0.39, 0.29) is 17.9 Å². The Morgan fingerprint density at radius 1 is 1.29 bits per heavy atom. The van der Waals surface area contributed by atoms with Gasteiger partial charge in [-0.3, -0.25) is 9.78 Å². The summed E-state index contributed by atoms with van der Waals surface area (Å²) in [6.45, 7) is 5.81. The number of piperidine rings is 1. The number of rotatable bonds is 3. The quantitative estimate of drug-likeness (QED) is 0.924. The molecule has 0 bridgehead atoms. The molecule has 0 radical (unpaired) electrons. The zero-order valence-electron chi connectivity index (χ0n) is 12.9. The Morgan fingerprint density at radius 2 is 2.10 bits per heavy atom. The van der Waals surface area contributed by atoms with Gasteiger partial charge in [0.1, 0.15) is 5.82 Å². The molecule has 21 heavy (non-hydrogen) atoms. The molecular weight excluding hydrogens is 264 g/mol. The lowest BCUT2D eigenvalue weighted by Gasteiger charge is -2.36. The first-order chi connectivity index (χ1) is 10.1. The number of nitrogens with one attached hydrogen (secondary N) is 1. The van der Waals surface area contributed by atoms with Crippen molar-refractivity contribution in [1.29, 1.82) is 0 Å². The Bertz CT molecular complexity index is 527. The molecule has 1 aromatic rings. The molecule has 2 aliphatic rings. The van der Waals surface area contributed by atoms with Crippen LogP contribution < -0.4 is 10.2 Å². The van der Waals surface area contributed by atoms with Gasteiger partial charge < -0.3 is 10.2 Å². The van der Waals surface area contributed by atoms with Crippen LogP contribution in [0.2, 0.25) is 0 Å². The minimum atomic E-state index is 0.244. The van der Waals surface area contributed by atoms with E-state index in [9.17, 15) is 4.79 Å². The molecule has 1 aliphatic heterocycles. The predicted octanol–water partition coefficient (Wildman–Crippen LogP) is 1.98. The number of aryl methyl sites for hydroxylation is 2. The van der Waals surface area contributed by atoms with Gasteiger partial charge in [-0.1, -0.05) is 6.42 Å². The van der Waals surface area contributed by atoms with Crippen LogP contribution in [0.3, 0.4) is 0 Å². The van der Waals surface area contributed by atoms with E-state index in [4.69, 9.17) is 0 Å². The molecule has 114 valence electrons. The standard InChI is InChI=1S/C16H24N4O/c1-11-9-17-12(2)15(18-11)20-8-4-7-14(10-20)19-16(21)13-5-3-6-13/h9,13-14H,3-8,10H2,1-2H3,(H,19,21). The molecule has 5 nitrogen and oxygen atoms in total. The Kier molecular flexibility index (Phi) is 4.08. The molecule has 1 aromatic heterocycles. The van der Waals surface area contributed by atoms with Crippen LogP contribution in [0, 0.1) is 19.8 Å². The molecule has 1 saturated heterocycles. The van der Waals surface area contributed by atoms with Crippen LogP contribution in [-0.2, 0) is 4.79 Å². The van der Waals surface area contributed by atoms with Crippen molar-refractivity contribution in [3.8, 4) is 0 Å². The zero-order valence-corrected chi connectivity index (χ0v) is 12.9. The first-order valence-electron chi connectivity index (χ1n) is 7.99. The summed E-state index contributed by atoms with van der Waals surface area (Å²) in [5.41, 5.74) is 1.91. The molecule has 1 atom stereocenters. The van der Waals surface area contributed by atoms with E-state index >= 15 is 0 Å². The molecular formula is C16H24N4O. The fraction of sp³-hybridized carbons (Fsp3) is 0.688. The molecule has 1 aliphatic carbocycles. The van der Waals surface area contributed by atoms with Gasteiger partial charge in [-0.25, -0.2) is 4.98 Å². The summed E-state index contributed by atoms with van der Waals surface area (Å²) < 4.78 is 0. The third-order valence-corrected chi connectivity index (χ3v) is 4.59. The second kappa shape index (κ2) is 6.00. The number of hydrogen-bond donors (Lipinski definition) is 1. The summed E-state index contributed by atoms with van der Waals surface area (Å²) in [6, 6.07) is 0.244. The summed E-state index contributed by atoms with van der Waals surface area (Å²) in [5.74, 6) is 1.48. The summed E-state index contributed by atoms with van der Waals surface area (Å²) >= 11 is 0. The van der Waals surface area contributed by atoms with Gasteiger partial charge >= 0.3 is 0 Å². The number of carbonyl (C=O) groups excluding carboxylic acids is 1. The molecule has 1 N–H and O–H groups in total. The fourth-order valence-corrected chi connectivity index (χ4v) is 3.10. The number of carbonyl (C=O) groups is 1. The molecule has 1 saturated carbocycles. The topological polar surface area (TPSA) is 58.1 Å². The van der Waals surface area contributed by atoms with E-state index in [1.165, 1.54) is 6.42 Å². The Labute approximate surface area is 126 Å². The highest BCUT2D eigenvalue weighted by atomic mass is 16.2. The summed E-state index contributed by atoms with van der Waals surface area (Å²) in [5, 5.41) is 3.23. The largest absolute Gasteiger partial charge is 0.353 e. The molecule has 5 heteroatoms. The lowest BCUT2D eigenvalue weighted by Crippen LogP contribution is -2.50. The van der Waals surface area contributed by atoms with Crippen molar-refractivity contribution in [1.82, 2.24) is 15.3 Å². The third kappa shape index (κ3) is 3.17. The lowest BCUT2D eigenvalue weighted by molar-refractivity contribution is -0.128. The Morgan fingerprint density at radius 3 is 2.81 bits per heavy atom.